The summed E-state index contributed by atoms with van der Waals surface area (Å²) in [5.41, 5.74) is 6.11. The maximum absolute atomic E-state index is 3.44. The SMILES string of the molecule is CNC1CCCN(Cc2c(C)cc(C(C)(C)C)cc2C)C1. The molecule has 1 saturated heterocycles. The molecule has 0 saturated carbocycles. The van der Waals surface area contributed by atoms with E-state index in [2.05, 4.69) is 64.0 Å². The van der Waals surface area contributed by atoms with Crippen molar-refractivity contribution in [1.29, 1.82) is 0 Å². The molecule has 118 valence electrons. The van der Waals surface area contributed by atoms with Gasteiger partial charge in [-0.3, -0.25) is 4.90 Å². The quantitative estimate of drug-likeness (QED) is 0.910. The van der Waals surface area contributed by atoms with Crippen LogP contribution in [0.2, 0.25) is 0 Å². The third kappa shape index (κ3) is 4.08. The van der Waals surface area contributed by atoms with Crippen molar-refractivity contribution < 1.29 is 0 Å². The van der Waals surface area contributed by atoms with Crippen molar-refractivity contribution in [3.05, 3.63) is 34.4 Å². The predicted molar refractivity (Wildman–Crippen MR) is 92.0 cm³/mol. The molecule has 21 heavy (non-hydrogen) atoms. The fourth-order valence-corrected chi connectivity index (χ4v) is 3.33. The molecular weight excluding hydrogens is 256 g/mol. The largest absolute Gasteiger partial charge is 0.316 e. The van der Waals surface area contributed by atoms with Crippen molar-refractivity contribution in [3.8, 4) is 0 Å². The molecule has 0 spiro atoms. The predicted octanol–water partition coefficient (Wildman–Crippen LogP) is 3.78. The van der Waals surface area contributed by atoms with Gasteiger partial charge in [-0.1, -0.05) is 32.9 Å². The third-order valence-corrected chi connectivity index (χ3v) is 4.86. The number of nitrogens with zero attached hydrogens (tertiary/aromatic N) is 1. The van der Waals surface area contributed by atoms with Crippen LogP contribution in [0.15, 0.2) is 12.1 Å². The van der Waals surface area contributed by atoms with E-state index in [1.165, 1.54) is 48.2 Å². The lowest BCUT2D eigenvalue weighted by Crippen LogP contribution is -2.44. The molecule has 1 aliphatic heterocycles. The van der Waals surface area contributed by atoms with Crippen LogP contribution in [0, 0.1) is 13.8 Å². The van der Waals surface area contributed by atoms with Crippen molar-refractivity contribution in [2.24, 2.45) is 0 Å². The van der Waals surface area contributed by atoms with Gasteiger partial charge in [0.25, 0.3) is 0 Å². The lowest BCUT2D eigenvalue weighted by molar-refractivity contribution is 0.187. The van der Waals surface area contributed by atoms with Crippen LogP contribution in [-0.4, -0.2) is 31.1 Å². The lowest BCUT2D eigenvalue weighted by Gasteiger charge is -2.33. The van der Waals surface area contributed by atoms with Gasteiger partial charge < -0.3 is 5.32 Å². The number of benzene rings is 1. The second kappa shape index (κ2) is 6.50. The molecule has 1 unspecified atom stereocenters. The van der Waals surface area contributed by atoms with Crippen LogP contribution in [0.25, 0.3) is 0 Å². The maximum atomic E-state index is 3.44. The summed E-state index contributed by atoms with van der Waals surface area (Å²) in [5, 5.41) is 3.44. The minimum absolute atomic E-state index is 0.233. The van der Waals surface area contributed by atoms with Gasteiger partial charge in [-0.15, -0.1) is 0 Å². The Labute approximate surface area is 130 Å². The molecule has 1 fully saturated rings. The second-order valence-electron chi connectivity index (χ2n) is 7.70. The topological polar surface area (TPSA) is 15.3 Å². The minimum Gasteiger partial charge on any atom is -0.316 e. The number of likely N-dealkylation sites (tertiary alicyclic amines) is 1. The van der Waals surface area contributed by atoms with Crippen molar-refractivity contribution in [2.75, 3.05) is 20.1 Å². The van der Waals surface area contributed by atoms with Gasteiger partial charge in [0.15, 0.2) is 0 Å². The van der Waals surface area contributed by atoms with Crippen LogP contribution in [-0.2, 0) is 12.0 Å². The zero-order valence-corrected chi connectivity index (χ0v) is 14.7. The number of aryl methyl sites for hydroxylation is 2. The molecule has 2 rings (SSSR count). The van der Waals surface area contributed by atoms with Gasteiger partial charge in [-0.05, 0) is 68.0 Å². The van der Waals surface area contributed by atoms with Crippen LogP contribution in [0.5, 0.6) is 0 Å². The number of likely N-dealkylation sites (N-methyl/N-ethyl adjacent to an activating group) is 1. The third-order valence-electron chi connectivity index (χ3n) is 4.86. The molecule has 1 atom stereocenters. The monoisotopic (exact) mass is 288 g/mol. The first-order valence-corrected chi connectivity index (χ1v) is 8.31. The van der Waals surface area contributed by atoms with Crippen molar-refractivity contribution >= 4 is 0 Å². The number of rotatable bonds is 3. The molecular formula is C19H32N2. The Balaban J connectivity index is 2.17. The van der Waals surface area contributed by atoms with Gasteiger partial charge in [-0.25, -0.2) is 0 Å². The highest BCUT2D eigenvalue weighted by Crippen LogP contribution is 2.28. The first-order chi connectivity index (χ1) is 9.81. The van der Waals surface area contributed by atoms with Crippen molar-refractivity contribution in [3.63, 3.8) is 0 Å². The summed E-state index contributed by atoms with van der Waals surface area (Å²) in [6.45, 7) is 14.9. The van der Waals surface area contributed by atoms with Crippen LogP contribution in [0.4, 0.5) is 0 Å². The molecule has 0 aromatic heterocycles. The average molecular weight is 288 g/mol. The second-order valence-corrected chi connectivity index (χ2v) is 7.70. The summed E-state index contributed by atoms with van der Waals surface area (Å²) < 4.78 is 0. The van der Waals surface area contributed by atoms with Gasteiger partial charge in [0.1, 0.15) is 0 Å². The molecule has 1 heterocycles. The zero-order chi connectivity index (χ0) is 15.6. The summed E-state index contributed by atoms with van der Waals surface area (Å²) in [4.78, 5) is 2.61. The molecule has 1 aromatic rings. The van der Waals surface area contributed by atoms with E-state index >= 15 is 0 Å². The van der Waals surface area contributed by atoms with Gasteiger partial charge in [0.05, 0.1) is 0 Å². The molecule has 1 N–H and O–H groups in total. The molecule has 0 aliphatic carbocycles. The minimum atomic E-state index is 0.233. The van der Waals surface area contributed by atoms with Crippen LogP contribution in [0.1, 0.15) is 55.9 Å². The average Bonchev–Trinajstić information content (AvgIpc) is 2.42. The van der Waals surface area contributed by atoms with Gasteiger partial charge >= 0.3 is 0 Å². The highest BCUT2D eigenvalue weighted by molar-refractivity contribution is 5.40. The standard InChI is InChI=1S/C19H32N2/c1-14-10-16(19(3,4)5)11-15(2)18(14)13-21-9-7-8-17(12-21)20-6/h10-11,17,20H,7-9,12-13H2,1-6H3. The molecule has 0 radical (unpaired) electrons. The zero-order valence-electron chi connectivity index (χ0n) is 14.7. The summed E-state index contributed by atoms with van der Waals surface area (Å²) in [6.07, 6.45) is 2.62. The van der Waals surface area contributed by atoms with Crippen LogP contribution >= 0.6 is 0 Å². The van der Waals surface area contributed by atoms with Gasteiger partial charge in [0, 0.05) is 19.1 Å². The van der Waals surface area contributed by atoms with E-state index in [0.29, 0.717) is 6.04 Å². The summed E-state index contributed by atoms with van der Waals surface area (Å²) in [6, 6.07) is 5.44. The molecule has 1 aromatic carbocycles. The fourth-order valence-electron chi connectivity index (χ4n) is 3.33. The summed E-state index contributed by atoms with van der Waals surface area (Å²) >= 11 is 0. The Morgan fingerprint density at radius 3 is 2.33 bits per heavy atom. The number of nitrogens with one attached hydrogen (secondary N) is 1. The summed E-state index contributed by atoms with van der Waals surface area (Å²) in [5.74, 6) is 0. The fraction of sp³-hybridized carbons (Fsp3) is 0.684. The van der Waals surface area contributed by atoms with Crippen molar-refractivity contribution in [2.45, 2.75) is 65.5 Å². The van der Waals surface area contributed by atoms with Crippen molar-refractivity contribution in [1.82, 2.24) is 10.2 Å². The number of hydrogen-bond acceptors (Lipinski definition) is 2. The molecule has 2 heteroatoms. The number of hydrogen-bond donors (Lipinski definition) is 1. The number of piperidine rings is 1. The van der Waals surface area contributed by atoms with Gasteiger partial charge in [0.2, 0.25) is 0 Å². The highest BCUT2D eigenvalue weighted by atomic mass is 15.2. The van der Waals surface area contributed by atoms with E-state index < -0.39 is 0 Å². The summed E-state index contributed by atoms with van der Waals surface area (Å²) in [7, 11) is 2.09. The van der Waals surface area contributed by atoms with Crippen LogP contribution < -0.4 is 5.32 Å². The Kier molecular flexibility index (Phi) is 5.11. The van der Waals surface area contributed by atoms with E-state index in [4.69, 9.17) is 0 Å². The first-order valence-electron chi connectivity index (χ1n) is 8.31. The molecule has 1 aliphatic rings. The Hall–Kier alpha value is -0.860. The van der Waals surface area contributed by atoms with Crippen LogP contribution in [0.3, 0.4) is 0 Å². The van der Waals surface area contributed by atoms with E-state index in [-0.39, 0.29) is 5.41 Å². The van der Waals surface area contributed by atoms with E-state index in [9.17, 15) is 0 Å². The van der Waals surface area contributed by atoms with E-state index in [1.807, 2.05) is 0 Å². The molecule has 0 bridgehead atoms. The van der Waals surface area contributed by atoms with E-state index in [1.54, 1.807) is 0 Å². The first kappa shape index (κ1) is 16.5. The Bertz CT molecular complexity index is 462. The molecule has 0 amide bonds. The van der Waals surface area contributed by atoms with E-state index in [0.717, 1.165) is 6.54 Å². The normalized spacial score (nSPS) is 20.8. The smallest absolute Gasteiger partial charge is 0.0239 e. The lowest BCUT2D eigenvalue weighted by atomic mass is 9.83. The molecule has 2 nitrogen and oxygen atoms in total. The highest BCUT2D eigenvalue weighted by Gasteiger charge is 2.21. The Morgan fingerprint density at radius 1 is 1.19 bits per heavy atom. The Morgan fingerprint density at radius 2 is 1.81 bits per heavy atom. The van der Waals surface area contributed by atoms with Gasteiger partial charge in [-0.2, -0.15) is 0 Å². The maximum Gasteiger partial charge on any atom is 0.0239 e.